The molecule has 1 fully saturated rings. The summed E-state index contributed by atoms with van der Waals surface area (Å²) >= 11 is 1.11. The molecule has 1 saturated heterocycles. The molecular formula is C24H25N7O3S. The van der Waals surface area contributed by atoms with Gasteiger partial charge in [-0.05, 0) is 36.0 Å². The molecule has 1 amide bonds. The van der Waals surface area contributed by atoms with Crippen LogP contribution in [0.5, 0.6) is 0 Å². The van der Waals surface area contributed by atoms with E-state index in [0.29, 0.717) is 28.6 Å². The summed E-state index contributed by atoms with van der Waals surface area (Å²) in [6.45, 7) is 4.30. The molecule has 1 aliphatic heterocycles. The van der Waals surface area contributed by atoms with Crippen LogP contribution >= 0.6 is 11.8 Å². The van der Waals surface area contributed by atoms with Crippen LogP contribution in [0.3, 0.4) is 0 Å². The van der Waals surface area contributed by atoms with Gasteiger partial charge in [-0.25, -0.2) is 15.4 Å². The van der Waals surface area contributed by atoms with Crippen molar-refractivity contribution < 1.29 is 9.72 Å². The smallest absolute Gasteiger partial charge is 0.283 e. The Balaban J connectivity index is 1.24. The molecule has 0 aliphatic carbocycles. The second-order valence-corrected chi connectivity index (χ2v) is 8.83. The van der Waals surface area contributed by atoms with Crippen molar-refractivity contribution in [2.24, 2.45) is 5.10 Å². The average Bonchev–Trinajstić information content (AvgIpc) is 2.89. The molecule has 1 N–H and O–H groups in total. The predicted molar refractivity (Wildman–Crippen MR) is 135 cm³/mol. The molecule has 0 unspecified atom stereocenters. The maximum atomic E-state index is 12.2. The van der Waals surface area contributed by atoms with Gasteiger partial charge in [-0.15, -0.1) is 0 Å². The lowest BCUT2D eigenvalue weighted by Gasteiger charge is -2.36. The summed E-state index contributed by atoms with van der Waals surface area (Å²) < 4.78 is 0. The van der Waals surface area contributed by atoms with Gasteiger partial charge < -0.3 is 4.90 Å². The first-order valence-corrected chi connectivity index (χ1v) is 12.0. The molecule has 35 heavy (non-hydrogen) atoms. The standard InChI is InChI=1S/C24H25N7O3S/c32-23(9-12-29-13-15-30(16-14-29)20-5-2-1-3-6-20)28-27-18-19-7-8-22(21(17-19)31(33)34)35-24-25-10-4-11-26-24/h1-8,10-11,17-18H,9,12-16H2,(H,28,32)/b27-18-. The topological polar surface area (TPSA) is 117 Å². The van der Waals surface area contributed by atoms with Crippen LogP contribution in [-0.2, 0) is 4.79 Å². The van der Waals surface area contributed by atoms with Crippen molar-refractivity contribution in [3.05, 3.63) is 82.7 Å². The lowest BCUT2D eigenvalue weighted by atomic mass is 10.2. The van der Waals surface area contributed by atoms with Crippen molar-refractivity contribution in [2.75, 3.05) is 37.6 Å². The highest BCUT2D eigenvalue weighted by molar-refractivity contribution is 7.99. The van der Waals surface area contributed by atoms with Crippen molar-refractivity contribution in [1.29, 1.82) is 0 Å². The SMILES string of the molecule is O=C(CCN1CCN(c2ccccc2)CC1)N/N=C\c1ccc(Sc2ncccn2)c([N+](=O)[O-])c1. The molecule has 2 heterocycles. The zero-order valence-corrected chi connectivity index (χ0v) is 19.8. The molecule has 10 nitrogen and oxygen atoms in total. The number of benzene rings is 2. The minimum atomic E-state index is -0.460. The summed E-state index contributed by atoms with van der Waals surface area (Å²) in [5, 5.41) is 15.9. The molecule has 1 aromatic heterocycles. The number of carbonyl (C=O) groups excluding carboxylic acids is 1. The number of nitrogens with one attached hydrogen (secondary N) is 1. The highest BCUT2D eigenvalue weighted by Gasteiger charge is 2.18. The number of carbonyl (C=O) groups is 1. The first-order chi connectivity index (χ1) is 17.1. The van der Waals surface area contributed by atoms with Crippen molar-refractivity contribution in [1.82, 2.24) is 20.3 Å². The minimum Gasteiger partial charge on any atom is -0.369 e. The zero-order chi connectivity index (χ0) is 24.5. The van der Waals surface area contributed by atoms with Crippen LogP contribution in [0.1, 0.15) is 12.0 Å². The van der Waals surface area contributed by atoms with Gasteiger partial charge in [0.15, 0.2) is 5.16 Å². The summed E-state index contributed by atoms with van der Waals surface area (Å²) in [5.74, 6) is -0.199. The van der Waals surface area contributed by atoms with Gasteiger partial charge in [0.05, 0.1) is 16.0 Å². The third kappa shape index (κ3) is 7.08. The fourth-order valence-corrected chi connectivity index (χ4v) is 4.44. The summed E-state index contributed by atoms with van der Waals surface area (Å²) in [5.41, 5.74) is 4.16. The van der Waals surface area contributed by atoms with E-state index in [9.17, 15) is 14.9 Å². The number of para-hydroxylation sites is 1. The van der Waals surface area contributed by atoms with Crippen LogP contribution in [0.15, 0.2) is 82.1 Å². The van der Waals surface area contributed by atoms with Crippen molar-refractivity contribution in [2.45, 2.75) is 16.5 Å². The lowest BCUT2D eigenvalue weighted by molar-refractivity contribution is -0.387. The summed E-state index contributed by atoms with van der Waals surface area (Å²) in [6.07, 6.45) is 4.89. The fraction of sp³-hybridized carbons (Fsp3) is 0.250. The Kier molecular flexibility index (Phi) is 8.36. The number of nitro groups is 1. The van der Waals surface area contributed by atoms with Gasteiger partial charge in [0.1, 0.15) is 0 Å². The number of aromatic nitrogens is 2. The van der Waals surface area contributed by atoms with Crippen LogP contribution < -0.4 is 10.3 Å². The Morgan fingerprint density at radius 2 is 1.83 bits per heavy atom. The number of rotatable bonds is 9. The van der Waals surface area contributed by atoms with Crippen LogP contribution in [0.2, 0.25) is 0 Å². The molecule has 1 aliphatic rings. The van der Waals surface area contributed by atoms with Gasteiger partial charge in [0, 0.05) is 68.9 Å². The Labute approximate surface area is 207 Å². The van der Waals surface area contributed by atoms with Crippen molar-refractivity contribution >= 4 is 35.3 Å². The number of nitro benzene ring substituents is 1. The molecule has 3 aromatic rings. The normalized spacial score (nSPS) is 14.2. The van der Waals surface area contributed by atoms with Gasteiger partial charge in [-0.3, -0.25) is 19.8 Å². The lowest BCUT2D eigenvalue weighted by Crippen LogP contribution is -2.47. The van der Waals surface area contributed by atoms with E-state index < -0.39 is 4.92 Å². The van der Waals surface area contributed by atoms with E-state index in [4.69, 9.17) is 0 Å². The second-order valence-electron chi connectivity index (χ2n) is 7.83. The van der Waals surface area contributed by atoms with Crippen molar-refractivity contribution in [3.8, 4) is 0 Å². The van der Waals surface area contributed by atoms with Crippen LogP contribution in [-0.4, -0.2) is 64.6 Å². The number of hydrazone groups is 1. The van der Waals surface area contributed by atoms with Crippen molar-refractivity contribution in [3.63, 3.8) is 0 Å². The number of anilines is 1. The molecule has 0 saturated carbocycles. The van der Waals surface area contributed by atoms with Gasteiger partial charge in [-0.1, -0.05) is 24.3 Å². The molecule has 11 heteroatoms. The number of hydrogen-bond acceptors (Lipinski definition) is 9. The Morgan fingerprint density at radius 1 is 1.09 bits per heavy atom. The second kappa shape index (κ2) is 12.0. The third-order valence-electron chi connectivity index (χ3n) is 5.47. The van der Waals surface area contributed by atoms with E-state index in [2.05, 4.69) is 42.4 Å². The highest BCUT2D eigenvalue weighted by Crippen LogP contribution is 2.33. The molecule has 0 bridgehead atoms. The maximum Gasteiger partial charge on any atom is 0.283 e. The average molecular weight is 492 g/mol. The van der Waals surface area contributed by atoms with Gasteiger partial charge in [-0.2, -0.15) is 5.10 Å². The molecule has 0 atom stereocenters. The van der Waals surface area contributed by atoms with E-state index in [1.54, 1.807) is 30.6 Å². The molecule has 0 radical (unpaired) electrons. The predicted octanol–water partition coefficient (Wildman–Crippen LogP) is 3.20. The van der Waals surface area contributed by atoms with E-state index >= 15 is 0 Å². The van der Waals surface area contributed by atoms with E-state index in [-0.39, 0.29) is 11.6 Å². The zero-order valence-electron chi connectivity index (χ0n) is 19.0. The highest BCUT2D eigenvalue weighted by atomic mass is 32.2. The Bertz CT molecular complexity index is 1170. The summed E-state index contributed by atoms with van der Waals surface area (Å²) in [7, 11) is 0. The molecule has 2 aromatic carbocycles. The summed E-state index contributed by atoms with van der Waals surface area (Å²) in [4.78, 5) is 36.5. The van der Waals surface area contributed by atoms with E-state index in [1.165, 1.54) is 18.0 Å². The molecule has 180 valence electrons. The van der Waals surface area contributed by atoms with Crippen LogP contribution in [0.4, 0.5) is 11.4 Å². The Hall–Kier alpha value is -3.83. The molecule has 0 spiro atoms. The van der Waals surface area contributed by atoms with Gasteiger partial charge in [0.2, 0.25) is 5.91 Å². The van der Waals surface area contributed by atoms with Crippen LogP contribution in [0.25, 0.3) is 0 Å². The Morgan fingerprint density at radius 3 is 2.54 bits per heavy atom. The monoisotopic (exact) mass is 491 g/mol. The minimum absolute atomic E-state index is 0.0765. The summed E-state index contributed by atoms with van der Waals surface area (Å²) in [6, 6.07) is 16.7. The number of piperazine rings is 1. The van der Waals surface area contributed by atoms with Gasteiger partial charge >= 0.3 is 0 Å². The van der Waals surface area contributed by atoms with Crippen LogP contribution in [0, 0.1) is 10.1 Å². The van der Waals surface area contributed by atoms with E-state index in [0.717, 1.165) is 37.9 Å². The molecule has 4 rings (SSSR count). The number of amides is 1. The van der Waals surface area contributed by atoms with E-state index in [1.807, 2.05) is 18.2 Å². The fourth-order valence-electron chi connectivity index (χ4n) is 3.64. The maximum absolute atomic E-state index is 12.2. The third-order valence-corrected chi connectivity index (χ3v) is 6.43. The molecular weight excluding hydrogens is 466 g/mol. The first-order valence-electron chi connectivity index (χ1n) is 11.2. The quantitative estimate of drug-likeness (QED) is 0.210. The largest absolute Gasteiger partial charge is 0.369 e. The number of nitrogens with zero attached hydrogens (tertiary/aromatic N) is 6. The van der Waals surface area contributed by atoms with Gasteiger partial charge in [0.25, 0.3) is 5.69 Å². The first kappa shape index (κ1) is 24.3. The number of hydrogen-bond donors (Lipinski definition) is 1.